The van der Waals surface area contributed by atoms with Crippen molar-refractivity contribution in [1.29, 1.82) is 5.41 Å². The van der Waals surface area contributed by atoms with Crippen molar-refractivity contribution < 1.29 is 43.7 Å². The molecule has 1 aromatic carbocycles. The van der Waals surface area contributed by atoms with Crippen molar-refractivity contribution in [3.63, 3.8) is 0 Å². The fraction of sp³-hybridized carbons (Fsp3) is 0.522. The number of nitrogens with one attached hydrogen (secondary N) is 3. The van der Waals surface area contributed by atoms with Gasteiger partial charge in [0, 0.05) is 32.2 Å². The van der Waals surface area contributed by atoms with Gasteiger partial charge in [-0.05, 0) is 17.7 Å². The predicted molar refractivity (Wildman–Crippen MR) is 128 cm³/mol. The second-order valence-electron chi connectivity index (χ2n) is 9.55. The van der Waals surface area contributed by atoms with Crippen LogP contribution in [0.2, 0.25) is 0 Å². The van der Waals surface area contributed by atoms with E-state index >= 15 is 0 Å². The van der Waals surface area contributed by atoms with Gasteiger partial charge >= 0.3 is 11.9 Å². The number of hydrogen-bond donors (Lipinski definition) is 7. The number of rotatable bonds is 7. The van der Waals surface area contributed by atoms with Crippen LogP contribution in [0.25, 0.3) is 0 Å². The molecule has 0 bridgehead atoms. The molecule has 0 aromatic heterocycles. The van der Waals surface area contributed by atoms with Gasteiger partial charge in [-0.25, -0.2) is 4.39 Å². The summed E-state index contributed by atoms with van der Waals surface area (Å²) in [5, 5.41) is 54.3. The van der Waals surface area contributed by atoms with Crippen LogP contribution in [0, 0.1) is 11.2 Å². The highest BCUT2D eigenvalue weighted by Gasteiger charge is 2.60. The number of guanidine groups is 1. The first-order valence-corrected chi connectivity index (χ1v) is 12.2. The Morgan fingerprint density at radius 1 is 1.24 bits per heavy atom. The minimum absolute atomic E-state index is 0.0874. The molecule has 0 spiro atoms. The number of fused-ring (bicyclic) bond motifs is 1. The molecule has 6 atom stereocenters. The van der Waals surface area contributed by atoms with Crippen molar-refractivity contribution in [2.75, 3.05) is 39.3 Å². The Kier molecular flexibility index (Phi) is 7.32. The molecule has 2 saturated heterocycles. The molecule has 0 radical (unpaired) electrons. The molecule has 3 amide bonds. The number of amides is 3. The predicted octanol–water partition coefficient (Wildman–Crippen LogP) is -3.08. The number of hydrogen-bond acceptors (Lipinski definition) is 10. The van der Waals surface area contributed by atoms with Gasteiger partial charge in [0.15, 0.2) is 0 Å². The Balaban J connectivity index is 1.33. The number of β-amino-alcohol motifs (C(OH)–C–C–N with tert-alkyl or cyclic N) is 1. The Morgan fingerprint density at radius 3 is 2.66 bits per heavy atom. The largest absolute Gasteiger partial charge is 0.502 e. The number of carbonyl (C=O) groups is 2. The lowest BCUT2D eigenvalue weighted by Crippen LogP contribution is -2.53. The summed E-state index contributed by atoms with van der Waals surface area (Å²) in [6, 6.07) is 5.22. The minimum Gasteiger partial charge on any atom is -0.394 e. The van der Waals surface area contributed by atoms with Crippen LogP contribution in [0.4, 0.5) is 9.18 Å². The van der Waals surface area contributed by atoms with Crippen LogP contribution in [-0.2, 0) is 9.53 Å². The summed E-state index contributed by atoms with van der Waals surface area (Å²) in [6.45, 7) is 0.987. The normalized spacial score (nSPS) is 31.0. The summed E-state index contributed by atoms with van der Waals surface area (Å²) in [5.74, 6) is -1.92. The number of piperazine rings is 1. The summed E-state index contributed by atoms with van der Waals surface area (Å²) >= 11 is 0. The molecular formula is C23H29FN7O7+. The third-order valence-corrected chi connectivity index (χ3v) is 6.98. The second-order valence-corrected chi connectivity index (χ2v) is 9.55. The van der Waals surface area contributed by atoms with Gasteiger partial charge in [-0.15, -0.1) is 4.90 Å². The molecule has 38 heavy (non-hydrogen) atoms. The maximum absolute atomic E-state index is 13.4. The van der Waals surface area contributed by atoms with E-state index in [1.165, 1.54) is 12.1 Å². The van der Waals surface area contributed by atoms with Crippen LogP contribution in [0.15, 0.2) is 29.3 Å². The number of ether oxygens (including phenoxy) is 1. The van der Waals surface area contributed by atoms with Gasteiger partial charge in [-0.2, -0.15) is 14.4 Å². The Labute approximate surface area is 216 Å². The van der Waals surface area contributed by atoms with Crippen LogP contribution in [-0.4, -0.2) is 134 Å². The Morgan fingerprint density at radius 2 is 1.97 bits per heavy atom. The quantitative estimate of drug-likeness (QED) is 0.178. The summed E-state index contributed by atoms with van der Waals surface area (Å²) in [4.78, 5) is 33.0. The lowest BCUT2D eigenvalue weighted by molar-refractivity contribution is -0.441. The maximum Gasteiger partial charge on any atom is 0.502 e. The third kappa shape index (κ3) is 4.84. The van der Waals surface area contributed by atoms with Crippen molar-refractivity contribution in [1.82, 2.24) is 20.4 Å². The van der Waals surface area contributed by atoms with Gasteiger partial charge in [-0.3, -0.25) is 20.4 Å². The molecule has 4 heterocycles. The average Bonchev–Trinajstić information content (AvgIpc) is 3.31. The van der Waals surface area contributed by atoms with E-state index in [4.69, 9.17) is 10.1 Å². The van der Waals surface area contributed by atoms with E-state index in [2.05, 4.69) is 15.6 Å². The van der Waals surface area contributed by atoms with Crippen LogP contribution >= 0.6 is 0 Å². The maximum atomic E-state index is 13.4. The molecule has 5 rings (SSSR count). The van der Waals surface area contributed by atoms with Gasteiger partial charge in [0.05, 0.1) is 6.61 Å². The highest BCUT2D eigenvalue weighted by atomic mass is 19.1. The number of carbonyl (C=O) groups excluding carboxylic acids is 2. The fourth-order valence-corrected chi connectivity index (χ4v) is 5.14. The number of aliphatic imine (C=N–C) groups is 1. The van der Waals surface area contributed by atoms with Crippen molar-refractivity contribution in [3.8, 4) is 0 Å². The molecule has 204 valence electrons. The number of nitrogens with zero attached hydrogens (tertiary/aromatic N) is 4. The first-order valence-electron chi connectivity index (χ1n) is 12.2. The third-order valence-electron chi connectivity index (χ3n) is 6.98. The molecule has 0 aliphatic carbocycles. The molecule has 4 aliphatic heterocycles. The highest BCUT2D eigenvalue weighted by molar-refractivity contribution is 6.70. The van der Waals surface area contributed by atoms with Gasteiger partial charge in [0.1, 0.15) is 36.8 Å². The molecular weight excluding hydrogens is 505 g/mol. The van der Waals surface area contributed by atoms with Crippen molar-refractivity contribution in [2.24, 2.45) is 4.99 Å². The summed E-state index contributed by atoms with van der Waals surface area (Å²) in [5.41, 5.74) is 0.666. The molecule has 1 aromatic rings. The molecule has 4 aliphatic rings. The highest BCUT2D eigenvalue weighted by Crippen LogP contribution is 2.28. The smallest absolute Gasteiger partial charge is 0.394 e. The zero-order valence-corrected chi connectivity index (χ0v) is 20.2. The zero-order valence-electron chi connectivity index (χ0n) is 20.2. The van der Waals surface area contributed by atoms with Crippen molar-refractivity contribution in [3.05, 3.63) is 35.6 Å². The van der Waals surface area contributed by atoms with E-state index in [0.717, 1.165) is 15.0 Å². The topological polar surface area (TPSA) is 194 Å². The van der Waals surface area contributed by atoms with E-state index < -0.39 is 55.1 Å². The monoisotopic (exact) mass is 534 g/mol. The summed E-state index contributed by atoms with van der Waals surface area (Å²) in [7, 11) is 0. The van der Waals surface area contributed by atoms with Crippen molar-refractivity contribution >= 4 is 29.4 Å². The van der Waals surface area contributed by atoms with E-state index in [1.54, 1.807) is 12.1 Å². The molecule has 15 heteroatoms. The first-order chi connectivity index (χ1) is 18.2. The summed E-state index contributed by atoms with van der Waals surface area (Å²) < 4.78 is 19.8. The molecule has 7 N–H and O–H groups in total. The second kappa shape index (κ2) is 10.5. The number of halogens is 1. The Hall–Kier alpha value is -3.18. The average molecular weight is 535 g/mol. The van der Waals surface area contributed by atoms with Gasteiger partial charge in [0.25, 0.3) is 11.5 Å². The lowest BCUT2D eigenvalue weighted by atomic mass is 10.0. The minimum atomic E-state index is -1.62. The molecule has 2 fully saturated rings. The Bertz CT molecular complexity index is 1190. The van der Waals surface area contributed by atoms with Crippen LogP contribution in [0.3, 0.4) is 0 Å². The van der Waals surface area contributed by atoms with Crippen molar-refractivity contribution in [2.45, 2.75) is 36.7 Å². The SMILES string of the molecule is N=C1N=C2C(=[N+](CC(O)CN3CCNC(c4ccc(F)cc4)C3)C(=O)N2[C@@H]2O[C@H](CO)[C@@H](O)[C@H]2O)C(=O)N1. The molecule has 0 saturated carbocycles. The van der Waals surface area contributed by atoms with E-state index in [-0.39, 0.29) is 36.5 Å². The fourth-order valence-electron chi connectivity index (χ4n) is 5.14. The zero-order chi connectivity index (χ0) is 27.1. The lowest BCUT2D eigenvalue weighted by Gasteiger charge is -2.34. The van der Waals surface area contributed by atoms with Gasteiger partial charge < -0.3 is 30.5 Å². The van der Waals surface area contributed by atoms with Crippen LogP contribution < -0.4 is 10.6 Å². The number of amidine groups is 1. The standard InChI is InChI=1S/C23H28FN7O7/c24-12-3-1-11(2-4-12)14-9-29(6-5-26-14)7-13(33)8-30-16-19(27-22(25)28-20(16)36)31(23(30)37)21-18(35)17(34)15(10-32)38-21/h1-4,13-15,17-18,21,26,32-35H,5-10H2,(H-,25,28,36)/p+1/t13?,14?,15-,17-,18-,21-/m1/s1. The number of benzene rings is 1. The number of urea groups is 1. The van der Waals surface area contributed by atoms with E-state index in [0.29, 0.717) is 19.6 Å². The van der Waals surface area contributed by atoms with Crippen LogP contribution in [0.5, 0.6) is 0 Å². The number of aliphatic hydroxyl groups excluding tert-OH is 4. The number of aliphatic hydroxyl groups is 4. The first kappa shape index (κ1) is 26.4. The molecule has 14 nitrogen and oxygen atoms in total. The van der Waals surface area contributed by atoms with E-state index in [1.807, 2.05) is 4.90 Å². The molecule has 2 unspecified atom stereocenters. The van der Waals surface area contributed by atoms with E-state index in [9.17, 15) is 34.4 Å². The van der Waals surface area contributed by atoms with Crippen LogP contribution in [0.1, 0.15) is 11.6 Å². The van der Waals surface area contributed by atoms with Gasteiger partial charge in [0.2, 0.25) is 12.2 Å². The van der Waals surface area contributed by atoms with Gasteiger partial charge in [-0.1, -0.05) is 12.1 Å². The summed E-state index contributed by atoms with van der Waals surface area (Å²) in [6.07, 6.45) is -6.87.